The molecule has 0 spiro atoms. The SMILES string of the molecule is CCOc1cc(COC(=O)C(F)(F)F)cc(C(Nc2ccc(C(=N)N)cc2)c2nn(-c3ncccn3)c(=O)[nH]2)c1. The Labute approximate surface area is 224 Å². The van der Waals surface area contributed by atoms with E-state index >= 15 is 0 Å². The van der Waals surface area contributed by atoms with Gasteiger partial charge < -0.3 is 20.5 Å². The molecule has 2 aromatic carbocycles. The van der Waals surface area contributed by atoms with Crippen molar-refractivity contribution in [3.63, 3.8) is 0 Å². The van der Waals surface area contributed by atoms with Crippen LogP contribution in [0, 0.1) is 5.41 Å². The number of H-pyrrole nitrogens is 1. The van der Waals surface area contributed by atoms with Crippen LogP contribution in [0.3, 0.4) is 0 Å². The van der Waals surface area contributed by atoms with E-state index in [1.165, 1.54) is 24.5 Å². The first-order valence-electron chi connectivity index (χ1n) is 11.7. The number of nitrogens with zero attached hydrogens (tertiary/aromatic N) is 4. The molecule has 2 heterocycles. The van der Waals surface area contributed by atoms with E-state index in [0.717, 1.165) is 4.68 Å². The quantitative estimate of drug-likeness (QED) is 0.130. The van der Waals surface area contributed by atoms with Crippen molar-refractivity contribution in [1.29, 1.82) is 5.41 Å². The van der Waals surface area contributed by atoms with Gasteiger partial charge in [-0.2, -0.15) is 13.2 Å². The topological polar surface area (TPSA) is 174 Å². The summed E-state index contributed by atoms with van der Waals surface area (Å²) >= 11 is 0. The standard InChI is InChI=1S/C25H23F3N8O4/c1-2-39-18-11-14(13-40-22(37)25(26,27)28)10-16(12-18)19(33-17-6-4-15(5-7-17)20(29)30)21-34-24(38)36(35-21)23-31-8-3-9-32-23/h3-12,19,33H,2,13H2,1H3,(H3,29,30)(H,34,35,38). The number of hydrogen-bond donors (Lipinski definition) is 4. The van der Waals surface area contributed by atoms with Crippen LogP contribution in [-0.2, 0) is 16.1 Å². The fourth-order valence-corrected chi connectivity index (χ4v) is 3.65. The number of rotatable bonds is 10. The molecular weight excluding hydrogens is 533 g/mol. The Kier molecular flexibility index (Phi) is 8.12. The molecule has 15 heteroatoms. The lowest BCUT2D eigenvalue weighted by molar-refractivity contribution is -0.201. The van der Waals surface area contributed by atoms with Crippen molar-refractivity contribution < 1.29 is 27.4 Å². The highest BCUT2D eigenvalue weighted by atomic mass is 19.4. The number of aromatic amines is 1. The predicted molar refractivity (Wildman–Crippen MR) is 136 cm³/mol. The number of carbonyl (C=O) groups excluding carboxylic acids is 1. The maximum Gasteiger partial charge on any atom is 0.490 e. The Morgan fingerprint density at radius 2 is 1.88 bits per heavy atom. The van der Waals surface area contributed by atoms with E-state index in [4.69, 9.17) is 15.9 Å². The molecule has 0 aliphatic heterocycles. The van der Waals surface area contributed by atoms with Crippen LogP contribution in [0.15, 0.2) is 65.7 Å². The summed E-state index contributed by atoms with van der Waals surface area (Å²) in [6.45, 7) is 1.28. The number of nitrogens with one attached hydrogen (secondary N) is 3. The van der Waals surface area contributed by atoms with E-state index in [9.17, 15) is 22.8 Å². The molecule has 12 nitrogen and oxygen atoms in total. The zero-order valence-corrected chi connectivity index (χ0v) is 20.9. The van der Waals surface area contributed by atoms with Crippen LogP contribution in [0.2, 0.25) is 0 Å². The van der Waals surface area contributed by atoms with Gasteiger partial charge in [0.25, 0.3) is 5.95 Å². The summed E-state index contributed by atoms with van der Waals surface area (Å²) < 4.78 is 49.1. The number of hydrogen-bond acceptors (Lipinski definition) is 9. The van der Waals surface area contributed by atoms with Crippen LogP contribution >= 0.6 is 0 Å². The van der Waals surface area contributed by atoms with Crippen molar-refractivity contribution >= 4 is 17.5 Å². The van der Waals surface area contributed by atoms with Crippen LogP contribution in [0.4, 0.5) is 18.9 Å². The van der Waals surface area contributed by atoms with Crippen LogP contribution < -0.4 is 21.5 Å². The number of benzene rings is 2. The average Bonchev–Trinajstić information content (AvgIpc) is 3.31. The summed E-state index contributed by atoms with van der Waals surface area (Å²) in [5.74, 6) is -2.05. The first-order valence-corrected chi connectivity index (χ1v) is 11.7. The second-order valence-electron chi connectivity index (χ2n) is 8.26. The zero-order valence-electron chi connectivity index (χ0n) is 20.9. The van der Waals surface area contributed by atoms with Crippen molar-refractivity contribution in [3.8, 4) is 11.7 Å². The smallest absolute Gasteiger partial charge is 0.490 e. The third-order valence-corrected chi connectivity index (χ3v) is 5.39. The second-order valence-corrected chi connectivity index (χ2v) is 8.26. The molecule has 0 saturated carbocycles. The monoisotopic (exact) mass is 556 g/mol. The van der Waals surface area contributed by atoms with E-state index in [1.54, 1.807) is 43.3 Å². The summed E-state index contributed by atoms with van der Waals surface area (Å²) in [5, 5.41) is 15.1. The van der Waals surface area contributed by atoms with Crippen molar-refractivity contribution in [3.05, 3.63) is 93.9 Å². The number of anilines is 1. The van der Waals surface area contributed by atoms with Crippen molar-refractivity contribution in [2.75, 3.05) is 11.9 Å². The van der Waals surface area contributed by atoms with Gasteiger partial charge in [0.15, 0.2) is 5.82 Å². The highest BCUT2D eigenvalue weighted by Crippen LogP contribution is 2.30. The summed E-state index contributed by atoms with van der Waals surface area (Å²) in [4.78, 5) is 34.8. The maximum absolute atomic E-state index is 12.8. The van der Waals surface area contributed by atoms with Gasteiger partial charge in [0, 0.05) is 23.6 Å². The van der Waals surface area contributed by atoms with Crippen LogP contribution in [0.25, 0.3) is 5.95 Å². The van der Waals surface area contributed by atoms with Gasteiger partial charge in [-0.25, -0.2) is 19.6 Å². The van der Waals surface area contributed by atoms with Gasteiger partial charge >= 0.3 is 17.8 Å². The van der Waals surface area contributed by atoms with Crippen molar-refractivity contribution in [2.24, 2.45) is 5.73 Å². The molecule has 0 fully saturated rings. The molecule has 0 aliphatic rings. The molecule has 0 radical (unpaired) electrons. The number of aromatic nitrogens is 5. The average molecular weight is 557 g/mol. The molecule has 40 heavy (non-hydrogen) atoms. The number of esters is 1. The lowest BCUT2D eigenvalue weighted by atomic mass is 10.0. The minimum absolute atomic E-state index is 0.0161. The lowest BCUT2D eigenvalue weighted by Crippen LogP contribution is -2.25. The number of nitrogen functional groups attached to an aromatic ring is 1. The molecule has 208 valence electrons. The number of carbonyl (C=O) groups is 1. The summed E-state index contributed by atoms with van der Waals surface area (Å²) in [7, 11) is 0. The van der Waals surface area contributed by atoms with E-state index < -0.39 is 30.5 Å². The first kappa shape index (κ1) is 27.8. The van der Waals surface area contributed by atoms with E-state index in [0.29, 0.717) is 16.8 Å². The predicted octanol–water partition coefficient (Wildman–Crippen LogP) is 2.84. The van der Waals surface area contributed by atoms with Gasteiger partial charge in [0.05, 0.1) is 6.61 Å². The Morgan fingerprint density at radius 3 is 2.50 bits per heavy atom. The third kappa shape index (κ3) is 6.61. The molecule has 4 aromatic rings. The molecule has 4 rings (SSSR count). The molecule has 5 N–H and O–H groups in total. The molecular formula is C25H23F3N8O4. The number of ether oxygens (including phenoxy) is 2. The van der Waals surface area contributed by atoms with Crippen LogP contribution in [0.5, 0.6) is 5.75 Å². The minimum Gasteiger partial charge on any atom is -0.494 e. The Balaban J connectivity index is 1.78. The maximum atomic E-state index is 12.8. The molecule has 0 aliphatic carbocycles. The Morgan fingerprint density at radius 1 is 1.18 bits per heavy atom. The highest BCUT2D eigenvalue weighted by Gasteiger charge is 2.41. The van der Waals surface area contributed by atoms with E-state index in [-0.39, 0.29) is 35.5 Å². The molecule has 0 amide bonds. The molecule has 1 atom stereocenters. The zero-order chi connectivity index (χ0) is 28.9. The Bertz CT molecular complexity index is 1550. The van der Waals surface area contributed by atoms with E-state index in [1.807, 2.05) is 0 Å². The fourth-order valence-electron chi connectivity index (χ4n) is 3.65. The Hall–Kier alpha value is -5.21. The minimum atomic E-state index is -5.15. The number of alkyl halides is 3. The van der Waals surface area contributed by atoms with Crippen LogP contribution in [0.1, 0.15) is 35.5 Å². The van der Waals surface area contributed by atoms with Gasteiger partial charge in [-0.05, 0) is 66.6 Å². The second kappa shape index (κ2) is 11.7. The molecule has 2 aromatic heterocycles. The van der Waals surface area contributed by atoms with Gasteiger partial charge in [-0.1, -0.05) is 0 Å². The number of nitrogens with two attached hydrogens (primary N) is 1. The normalized spacial score (nSPS) is 12.0. The largest absolute Gasteiger partial charge is 0.494 e. The van der Waals surface area contributed by atoms with Gasteiger partial charge in [-0.15, -0.1) is 9.78 Å². The summed E-state index contributed by atoms with van der Waals surface area (Å²) in [6.07, 6.45) is -2.27. The van der Waals surface area contributed by atoms with Gasteiger partial charge in [-0.3, -0.25) is 10.4 Å². The molecule has 1 unspecified atom stereocenters. The first-order chi connectivity index (χ1) is 19.0. The molecule has 0 bridgehead atoms. The third-order valence-electron chi connectivity index (χ3n) is 5.39. The van der Waals surface area contributed by atoms with E-state index in [2.05, 4.69) is 30.1 Å². The lowest BCUT2D eigenvalue weighted by Gasteiger charge is -2.20. The van der Waals surface area contributed by atoms with Crippen molar-refractivity contribution in [1.82, 2.24) is 24.7 Å². The van der Waals surface area contributed by atoms with Gasteiger partial charge in [0.1, 0.15) is 24.2 Å². The van der Waals surface area contributed by atoms with Gasteiger partial charge in [0.2, 0.25) is 0 Å². The number of amidine groups is 1. The van der Waals surface area contributed by atoms with Crippen LogP contribution in [-0.4, -0.2) is 49.3 Å². The summed E-state index contributed by atoms with van der Waals surface area (Å²) in [5.41, 5.74) is 6.53. The summed E-state index contributed by atoms with van der Waals surface area (Å²) in [6, 6.07) is 11.7. The fraction of sp³-hybridized carbons (Fsp3) is 0.200. The highest BCUT2D eigenvalue weighted by molar-refractivity contribution is 5.95. The molecule has 0 saturated heterocycles. The number of halogens is 3. The van der Waals surface area contributed by atoms with Crippen molar-refractivity contribution in [2.45, 2.75) is 25.7 Å².